The highest BCUT2D eigenvalue weighted by atomic mass is 32.2. The maximum atomic E-state index is 12.8. The van der Waals surface area contributed by atoms with E-state index < -0.39 is 15.6 Å². The van der Waals surface area contributed by atoms with Crippen LogP contribution in [0.5, 0.6) is 0 Å². The Balaban J connectivity index is 1.74. The number of hydrogen-bond acceptors (Lipinski definition) is 5. The molecule has 1 amide bonds. The van der Waals surface area contributed by atoms with Crippen molar-refractivity contribution in [1.82, 2.24) is 4.90 Å². The number of carbonyl (C=O) groups excluding carboxylic acids is 2. The number of ketones is 1. The lowest BCUT2D eigenvalue weighted by Crippen LogP contribution is -2.46. The molecular weight excluding hydrogens is 452 g/mol. The highest BCUT2D eigenvalue weighted by Crippen LogP contribution is 2.29. The fraction of sp³-hybridized carbons (Fsp3) is 0.462. The van der Waals surface area contributed by atoms with Crippen molar-refractivity contribution in [3.63, 3.8) is 0 Å². The summed E-state index contributed by atoms with van der Waals surface area (Å²) in [4.78, 5) is 26.1. The second kappa shape index (κ2) is 10.2. The number of nitrogens with one attached hydrogen (secondary N) is 1. The van der Waals surface area contributed by atoms with Crippen molar-refractivity contribution < 1.29 is 22.7 Å². The lowest BCUT2D eigenvalue weighted by Gasteiger charge is -2.36. The van der Waals surface area contributed by atoms with Crippen LogP contribution in [0.3, 0.4) is 0 Å². The molecule has 34 heavy (non-hydrogen) atoms. The predicted molar refractivity (Wildman–Crippen MR) is 133 cm³/mol. The third kappa shape index (κ3) is 6.38. The van der Waals surface area contributed by atoms with E-state index in [2.05, 4.69) is 4.72 Å². The predicted octanol–water partition coefficient (Wildman–Crippen LogP) is 5.19. The van der Waals surface area contributed by atoms with Crippen LogP contribution >= 0.6 is 0 Å². The van der Waals surface area contributed by atoms with Crippen molar-refractivity contribution in [2.45, 2.75) is 76.8 Å². The smallest absolute Gasteiger partial charge is 0.410 e. The van der Waals surface area contributed by atoms with Crippen LogP contribution < -0.4 is 4.72 Å². The number of ether oxygens (including phenoxy) is 1. The van der Waals surface area contributed by atoms with Crippen LogP contribution in [-0.4, -0.2) is 43.4 Å². The van der Waals surface area contributed by atoms with E-state index >= 15 is 0 Å². The molecule has 1 aliphatic carbocycles. The van der Waals surface area contributed by atoms with Gasteiger partial charge in [-0.3, -0.25) is 9.52 Å². The monoisotopic (exact) mass is 486 g/mol. The molecule has 1 aliphatic rings. The molecule has 184 valence electrons. The van der Waals surface area contributed by atoms with Crippen molar-refractivity contribution in [3.05, 3.63) is 59.2 Å². The Morgan fingerprint density at radius 3 is 2.35 bits per heavy atom. The molecule has 0 spiro atoms. The van der Waals surface area contributed by atoms with Gasteiger partial charge in [0.25, 0.3) is 10.0 Å². The van der Waals surface area contributed by atoms with Crippen LogP contribution in [-0.2, 0) is 27.6 Å². The Morgan fingerprint density at radius 1 is 1.09 bits per heavy atom. The normalized spacial score (nSPS) is 15.9. The minimum atomic E-state index is -3.77. The Morgan fingerprint density at radius 2 is 1.76 bits per heavy atom. The number of nitrogens with zero attached hydrogens (tertiary/aromatic N) is 1. The standard InChI is InChI=1S/C26H34N2O5S/c1-6-15-28(25(30)33-26(3,4)5)23-12-8-20-16-22(11-7-21(20)17-23)27-34(31,32)24-13-9-19(10-14-24)18(2)29/h7,9-11,13-14,16,23,27H,6,8,12,15,17H2,1-5H3/t23-/m0/s1. The molecule has 1 N–H and O–H groups in total. The SMILES string of the molecule is CCCN(C(=O)OC(C)(C)C)[C@H]1CCc2cc(NS(=O)(=O)c3ccc(C(C)=O)cc3)ccc2C1. The van der Waals surface area contributed by atoms with Crippen LogP contribution in [0, 0.1) is 0 Å². The molecule has 0 fully saturated rings. The quantitative estimate of drug-likeness (QED) is 0.544. The lowest BCUT2D eigenvalue weighted by molar-refractivity contribution is 0.0146. The Labute approximate surface area is 202 Å². The summed E-state index contributed by atoms with van der Waals surface area (Å²) >= 11 is 0. The minimum absolute atomic E-state index is 0.0460. The summed E-state index contributed by atoms with van der Waals surface area (Å²) in [6.07, 6.45) is 2.79. The van der Waals surface area contributed by atoms with Crippen molar-refractivity contribution in [2.24, 2.45) is 0 Å². The number of benzene rings is 2. The number of Topliss-reactive ketones (excluding diaryl/α,β-unsaturated/α-hetero) is 1. The number of aryl methyl sites for hydroxylation is 1. The summed E-state index contributed by atoms with van der Waals surface area (Å²) in [5.74, 6) is -0.117. The number of rotatable bonds is 7. The maximum absolute atomic E-state index is 12.8. The Hall–Kier alpha value is -2.87. The summed E-state index contributed by atoms with van der Waals surface area (Å²) < 4.78 is 33.9. The third-order valence-electron chi connectivity index (χ3n) is 5.77. The average Bonchev–Trinajstić information content (AvgIpc) is 2.75. The van der Waals surface area contributed by atoms with E-state index in [0.717, 1.165) is 30.4 Å². The molecule has 0 saturated carbocycles. The fourth-order valence-corrected chi connectivity index (χ4v) is 5.18. The Bertz CT molecular complexity index is 1150. The van der Waals surface area contributed by atoms with Gasteiger partial charge in [-0.25, -0.2) is 13.2 Å². The molecule has 0 bridgehead atoms. The van der Waals surface area contributed by atoms with E-state index in [-0.39, 0.29) is 22.8 Å². The Kier molecular flexibility index (Phi) is 7.70. The number of carbonyl (C=O) groups is 2. The van der Waals surface area contributed by atoms with Crippen LogP contribution in [0.1, 0.15) is 68.9 Å². The largest absolute Gasteiger partial charge is 0.444 e. The number of fused-ring (bicyclic) bond motifs is 1. The number of amides is 1. The van der Waals surface area contributed by atoms with Gasteiger partial charge in [-0.15, -0.1) is 0 Å². The first-order chi connectivity index (χ1) is 15.9. The van der Waals surface area contributed by atoms with Gasteiger partial charge in [0.1, 0.15) is 5.60 Å². The maximum Gasteiger partial charge on any atom is 0.410 e. The highest BCUT2D eigenvalue weighted by molar-refractivity contribution is 7.92. The van der Waals surface area contributed by atoms with Gasteiger partial charge in [0.05, 0.1) is 4.90 Å². The van der Waals surface area contributed by atoms with Crippen molar-refractivity contribution in [2.75, 3.05) is 11.3 Å². The van der Waals surface area contributed by atoms with Gasteiger partial charge in [0.2, 0.25) is 0 Å². The van der Waals surface area contributed by atoms with Crippen molar-refractivity contribution in [3.8, 4) is 0 Å². The first kappa shape index (κ1) is 25.7. The van der Waals surface area contributed by atoms with Gasteiger partial charge >= 0.3 is 6.09 Å². The molecule has 2 aromatic rings. The minimum Gasteiger partial charge on any atom is -0.444 e. The molecule has 1 atom stereocenters. The molecule has 3 rings (SSSR count). The molecule has 7 nitrogen and oxygen atoms in total. The van der Waals surface area contributed by atoms with E-state index in [1.165, 1.54) is 31.2 Å². The molecule has 8 heteroatoms. The summed E-state index contributed by atoms with van der Waals surface area (Å²) in [6, 6.07) is 11.5. The molecule has 0 saturated heterocycles. The zero-order valence-corrected chi connectivity index (χ0v) is 21.4. The summed E-state index contributed by atoms with van der Waals surface area (Å²) in [5, 5.41) is 0. The number of anilines is 1. The van der Waals surface area contributed by atoms with Gasteiger partial charge in [-0.05, 0) is 88.8 Å². The molecule has 2 aromatic carbocycles. The topological polar surface area (TPSA) is 92.8 Å². The van der Waals surface area contributed by atoms with Gasteiger partial charge in [0.15, 0.2) is 5.78 Å². The van der Waals surface area contributed by atoms with Gasteiger partial charge < -0.3 is 9.64 Å². The van der Waals surface area contributed by atoms with E-state index in [4.69, 9.17) is 4.74 Å². The van der Waals surface area contributed by atoms with Gasteiger partial charge in [-0.2, -0.15) is 0 Å². The van der Waals surface area contributed by atoms with E-state index in [1.807, 2.05) is 44.7 Å². The van der Waals surface area contributed by atoms with Crippen molar-refractivity contribution >= 4 is 27.6 Å². The van der Waals surface area contributed by atoms with Crippen molar-refractivity contribution in [1.29, 1.82) is 0 Å². The van der Waals surface area contributed by atoms with Crippen LogP contribution in [0.15, 0.2) is 47.4 Å². The molecule has 0 unspecified atom stereocenters. The molecule has 0 heterocycles. The van der Waals surface area contributed by atoms with Crippen LogP contribution in [0.2, 0.25) is 0 Å². The molecule has 0 radical (unpaired) electrons. The second-order valence-electron chi connectivity index (χ2n) is 9.74. The average molecular weight is 487 g/mol. The van der Waals surface area contributed by atoms with Crippen LogP contribution in [0.25, 0.3) is 0 Å². The molecule has 0 aliphatic heterocycles. The van der Waals surface area contributed by atoms with Crippen LogP contribution in [0.4, 0.5) is 10.5 Å². The zero-order chi connectivity index (χ0) is 25.1. The lowest BCUT2D eigenvalue weighted by atomic mass is 9.87. The highest BCUT2D eigenvalue weighted by Gasteiger charge is 2.30. The van der Waals surface area contributed by atoms with Gasteiger partial charge in [-0.1, -0.05) is 25.1 Å². The summed E-state index contributed by atoms with van der Waals surface area (Å²) in [7, 11) is -3.77. The first-order valence-electron chi connectivity index (χ1n) is 11.6. The molecule has 0 aromatic heterocycles. The van der Waals surface area contributed by atoms with E-state index in [9.17, 15) is 18.0 Å². The fourth-order valence-electron chi connectivity index (χ4n) is 4.13. The van der Waals surface area contributed by atoms with Gasteiger partial charge in [0, 0.05) is 23.8 Å². The van der Waals surface area contributed by atoms with E-state index in [0.29, 0.717) is 24.2 Å². The number of sulfonamides is 1. The third-order valence-corrected chi connectivity index (χ3v) is 7.16. The zero-order valence-electron chi connectivity index (χ0n) is 20.6. The second-order valence-corrected chi connectivity index (χ2v) is 11.4. The summed E-state index contributed by atoms with van der Waals surface area (Å²) in [6.45, 7) is 9.71. The number of hydrogen-bond donors (Lipinski definition) is 1. The molecular formula is C26H34N2O5S. The first-order valence-corrected chi connectivity index (χ1v) is 13.1. The summed E-state index contributed by atoms with van der Waals surface area (Å²) in [5.41, 5.74) is 2.59. The van der Waals surface area contributed by atoms with E-state index in [1.54, 1.807) is 6.07 Å².